The molecule has 0 aliphatic rings. The van der Waals surface area contributed by atoms with E-state index in [-0.39, 0.29) is 17.0 Å². The van der Waals surface area contributed by atoms with Gasteiger partial charge in [-0.1, -0.05) is 19.8 Å². The highest BCUT2D eigenvalue weighted by Gasteiger charge is 2.22. The van der Waals surface area contributed by atoms with Gasteiger partial charge in [0.25, 0.3) is 5.91 Å². The van der Waals surface area contributed by atoms with Crippen LogP contribution in [0.4, 0.5) is 5.69 Å². The van der Waals surface area contributed by atoms with Crippen molar-refractivity contribution in [1.82, 2.24) is 5.32 Å². The van der Waals surface area contributed by atoms with Crippen LogP contribution in [0.15, 0.2) is 18.2 Å². The Bertz CT molecular complexity index is 572. The number of nitrogens with one attached hydrogen (secondary N) is 1. The number of nitro benzene ring substituents is 1. The molecule has 0 aliphatic carbocycles. The van der Waals surface area contributed by atoms with Crippen LogP contribution in [0.5, 0.6) is 5.75 Å². The van der Waals surface area contributed by atoms with Crippen molar-refractivity contribution in [2.24, 2.45) is 0 Å². The maximum atomic E-state index is 12.1. The van der Waals surface area contributed by atoms with Crippen molar-refractivity contribution in [3.63, 3.8) is 0 Å². The number of rotatable bonds is 8. The number of methoxy groups -OCH3 is 1. The van der Waals surface area contributed by atoms with E-state index in [4.69, 9.17) is 9.84 Å². The van der Waals surface area contributed by atoms with Gasteiger partial charge >= 0.3 is 11.7 Å². The van der Waals surface area contributed by atoms with Crippen LogP contribution in [0.25, 0.3) is 0 Å². The van der Waals surface area contributed by atoms with Crippen molar-refractivity contribution < 1.29 is 24.4 Å². The predicted octanol–water partition coefficient (Wildman–Crippen LogP) is 1.98. The molecule has 0 aromatic heterocycles. The Hall–Kier alpha value is -2.64. The fourth-order valence-corrected chi connectivity index (χ4v) is 1.88. The van der Waals surface area contributed by atoms with E-state index in [1.807, 2.05) is 6.92 Å². The quantitative estimate of drug-likeness (QED) is 0.559. The van der Waals surface area contributed by atoms with E-state index in [0.717, 1.165) is 12.5 Å². The lowest BCUT2D eigenvalue weighted by Gasteiger charge is -2.14. The van der Waals surface area contributed by atoms with Crippen molar-refractivity contribution in [2.75, 3.05) is 7.11 Å². The molecule has 0 aliphatic heterocycles. The van der Waals surface area contributed by atoms with Gasteiger partial charge in [0.2, 0.25) is 0 Å². The molecule has 2 N–H and O–H groups in total. The number of carboxylic acids is 1. The first-order valence-electron chi connectivity index (χ1n) is 6.76. The number of ether oxygens (including phenoxy) is 1. The lowest BCUT2D eigenvalue weighted by Crippen LogP contribution is -2.40. The topological polar surface area (TPSA) is 119 Å². The molecular weight excluding hydrogens is 292 g/mol. The van der Waals surface area contributed by atoms with Crippen molar-refractivity contribution in [3.8, 4) is 5.75 Å². The second kappa shape index (κ2) is 7.96. The molecule has 0 spiro atoms. The Morgan fingerprint density at radius 1 is 1.45 bits per heavy atom. The number of hydrogen-bond donors (Lipinski definition) is 2. The summed E-state index contributed by atoms with van der Waals surface area (Å²) >= 11 is 0. The summed E-state index contributed by atoms with van der Waals surface area (Å²) in [6, 6.07) is 2.69. The fraction of sp³-hybridized carbons (Fsp3) is 0.429. The van der Waals surface area contributed by atoms with Gasteiger partial charge in [-0.15, -0.1) is 0 Å². The summed E-state index contributed by atoms with van der Waals surface area (Å²) in [7, 11) is 1.29. The summed E-state index contributed by atoms with van der Waals surface area (Å²) in [5.74, 6) is -1.78. The average Bonchev–Trinajstić information content (AvgIpc) is 2.50. The summed E-state index contributed by atoms with van der Waals surface area (Å²) in [6.45, 7) is 1.91. The lowest BCUT2D eigenvalue weighted by molar-refractivity contribution is -0.385. The van der Waals surface area contributed by atoms with Crippen LogP contribution < -0.4 is 10.1 Å². The number of nitrogens with zero attached hydrogens (tertiary/aromatic N) is 1. The third-order valence-electron chi connectivity index (χ3n) is 3.09. The Balaban J connectivity index is 2.95. The van der Waals surface area contributed by atoms with Gasteiger partial charge in [-0.05, 0) is 18.6 Å². The third kappa shape index (κ3) is 4.44. The zero-order chi connectivity index (χ0) is 16.7. The molecule has 1 aromatic carbocycles. The van der Waals surface area contributed by atoms with E-state index in [9.17, 15) is 19.7 Å². The van der Waals surface area contributed by atoms with E-state index in [0.29, 0.717) is 12.8 Å². The summed E-state index contributed by atoms with van der Waals surface area (Å²) in [5, 5.41) is 22.4. The molecule has 0 radical (unpaired) electrons. The molecule has 8 heteroatoms. The normalized spacial score (nSPS) is 11.5. The largest absolute Gasteiger partial charge is 0.490 e. The number of carbonyl (C=O) groups is 2. The molecule has 1 atom stereocenters. The van der Waals surface area contributed by atoms with Crippen molar-refractivity contribution in [3.05, 3.63) is 33.9 Å². The molecule has 0 saturated heterocycles. The van der Waals surface area contributed by atoms with Gasteiger partial charge in [-0.2, -0.15) is 0 Å². The van der Waals surface area contributed by atoms with Crippen LogP contribution in [0, 0.1) is 10.1 Å². The Morgan fingerprint density at radius 2 is 2.14 bits per heavy atom. The second-order valence-electron chi connectivity index (χ2n) is 4.65. The van der Waals surface area contributed by atoms with Crippen molar-refractivity contribution in [1.29, 1.82) is 0 Å². The first-order valence-corrected chi connectivity index (χ1v) is 6.76. The number of carbonyl (C=O) groups excluding carboxylic acids is 1. The minimum absolute atomic E-state index is 0.00949. The molecule has 1 aromatic rings. The van der Waals surface area contributed by atoms with Crippen LogP contribution in [0.2, 0.25) is 0 Å². The average molecular weight is 310 g/mol. The number of aliphatic carboxylic acids is 1. The first kappa shape index (κ1) is 17.4. The minimum Gasteiger partial charge on any atom is -0.490 e. The zero-order valence-corrected chi connectivity index (χ0v) is 12.4. The van der Waals surface area contributed by atoms with Crippen LogP contribution >= 0.6 is 0 Å². The standard InChI is InChI=1S/C14H18N2O6/c1-3-4-5-10(14(18)19)15-13(17)9-6-7-12(22-2)11(8-9)16(20)21/h6-8,10H,3-5H2,1-2H3,(H,15,17)(H,18,19)/t10-/m0/s1. The Morgan fingerprint density at radius 3 is 2.64 bits per heavy atom. The monoisotopic (exact) mass is 310 g/mol. The summed E-state index contributed by atoms with van der Waals surface area (Å²) < 4.78 is 4.85. The minimum atomic E-state index is -1.13. The van der Waals surface area contributed by atoms with Crippen molar-refractivity contribution >= 4 is 17.6 Å². The third-order valence-corrected chi connectivity index (χ3v) is 3.09. The number of amides is 1. The summed E-state index contributed by atoms with van der Waals surface area (Å²) in [4.78, 5) is 33.4. The molecular formula is C14H18N2O6. The molecule has 0 bridgehead atoms. The number of carboxylic acid groups (broad SMARTS) is 1. The van der Waals surface area contributed by atoms with E-state index in [1.165, 1.54) is 19.2 Å². The van der Waals surface area contributed by atoms with E-state index < -0.39 is 22.8 Å². The van der Waals surface area contributed by atoms with E-state index >= 15 is 0 Å². The van der Waals surface area contributed by atoms with Crippen LogP contribution in [-0.4, -0.2) is 35.1 Å². The smallest absolute Gasteiger partial charge is 0.326 e. The summed E-state index contributed by atoms with van der Waals surface area (Å²) in [5.41, 5.74) is -0.342. The molecule has 0 saturated carbocycles. The van der Waals surface area contributed by atoms with Gasteiger partial charge < -0.3 is 15.2 Å². The molecule has 0 heterocycles. The van der Waals surface area contributed by atoms with Gasteiger partial charge in [0, 0.05) is 11.6 Å². The second-order valence-corrected chi connectivity index (χ2v) is 4.65. The highest BCUT2D eigenvalue weighted by molar-refractivity contribution is 5.97. The maximum absolute atomic E-state index is 12.1. The summed E-state index contributed by atoms with van der Waals surface area (Å²) in [6.07, 6.45) is 1.75. The van der Waals surface area contributed by atoms with Gasteiger partial charge in [-0.25, -0.2) is 4.79 Å². The molecule has 8 nitrogen and oxygen atoms in total. The maximum Gasteiger partial charge on any atom is 0.326 e. The lowest BCUT2D eigenvalue weighted by atomic mass is 10.1. The molecule has 0 unspecified atom stereocenters. The molecule has 22 heavy (non-hydrogen) atoms. The molecule has 120 valence electrons. The van der Waals surface area contributed by atoms with Gasteiger partial charge in [0.05, 0.1) is 12.0 Å². The Kier molecular flexibility index (Phi) is 6.30. The zero-order valence-electron chi connectivity index (χ0n) is 12.4. The highest BCUT2D eigenvalue weighted by Crippen LogP contribution is 2.27. The highest BCUT2D eigenvalue weighted by atomic mass is 16.6. The van der Waals surface area contributed by atoms with E-state index in [1.54, 1.807) is 0 Å². The van der Waals surface area contributed by atoms with Crippen LogP contribution in [-0.2, 0) is 4.79 Å². The molecule has 0 fully saturated rings. The SMILES string of the molecule is CCCC[C@H](NC(=O)c1ccc(OC)c([N+](=O)[O-])c1)C(=O)O. The predicted molar refractivity (Wildman–Crippen MR) is 78.1 cm³/mol. The van der Waals surface area contributed by atoms with Crippen molar-refractivity contribution in [2.45, 2.75) is 32.2 Å². The first-order chi connectivity index (χ1) is 10.4. The van der Waals surface area contributed by atoms with Crippen LogP contribution in [0.3, 0.4) is 0 Å². The van der Waals surface area contributed by atoms with Gasteiger partial charge in [-0.3, -0.25) is 14.9 Å². The van der Waals surface area contributed by atoms with E-state index in [2.05, 4.69) is 5.32 Å². The fourth-order valence-electron chi connectivity index (χ4n) is 1.88. The number of benzene rings is 1. The van der Waals surface area contributed by atoms with Crippen LogP contribution in [0.1, 0.15) is 36.5 Å². The Labute approximate surface area is 127 Å². The van der Waals surface area contributed by atoms with Gasteiger partial charge in [0.1, 0.15) is 6.04 Å². The number of unbranched alkanes of at least 4 members (excludes halogenated alkanes) is 1. The molecule has 1 rings (SSSR count). The number of nitro groups is 1. The molecule has 1 amide bonds. The number of hydrogen-bond acceptors (Lipinski definition) is 5. The van der Waals surface area contributed by atoms with Gasteiger partial charge in [0.15, 0.2) is 5.75 Å².